The number of aryl methyl sites for hydroxylation is 1. The molecule has 3 aromatic rings. The molecule has 1 fully saturated rings. The molecule has 1 aliphatic rings. The second-order valence-corrected chi connectivity index (χ2v) is 6.01. The molecular weight excluding hydrogens is 304 g/mol. The van der Waals surface area contributed by atoms with Gasteiger partial charge in [0.2, 0.25) is 5.89 Å². The minimum absolute atomic E-state index is 0.102. The Hall–Kier alpha value is -2.66. The SMILES string of the molecule is Cc1ccccc1-c1nc2cc(NC(=O)C3CCCO3)ccc2o1. The zero-order valence-corrected chi connectivity index (χ0v) is 13.4. The maximum atomic E-state index is 12.1. The lowest BCUT2D eigenvalue weighted by atomic mass is 10.1. The number of aromatic nitrogens is 1. The number of hydrogen-bond donors (Lipinski definition) is 1. The molecule has 1 atom stereocenters. The number of amides is 1. The number of carbonyl (C=O) groups is 1. The molecule has 1 aliphatic heterocycles. The van der Waals surface area contributed by atoms with Crippen molar-refractivity contribution in [3.8, 4) is 11.5 Å². The highest BCUT2D eigenvalue weighted by Gasteiger charge is 2.23. The highest BCUT2D eigenvalue weighted by Crippen LogP contribution is 2.28. The Balaban J connectivity index is 1.61. The molecule has 1 unspecified atom stereocenters. The third-order valence-electron chi connectivity index (χ3n) is 4.25. The molecule has 2 heterocycles. The number of nitrogens with one attached hydrogen (secondary N) is 1. The van der Waals surface area contributed by atoms with Crippen molar-refractivity contribution in [1.29, 1.82) is 0 Å². The third-order valence-corrected chi connectivity index (χ3v) is 4.25. The fourth-order valence-electron chi connectivity index (χ4n) is 2.94. The largest absolute Gasteiger partial charge is 0.436 e. The number of hydrogen-bond acceptors (Lipinski definition) is 4. The standard InChI is InChI=1S/C19H18N2O3/c1-12-5-2-3-6-14(12)19-21-15-11-13(8-9-16(15)24-19)20-18(22)17-7-4-10-23-17/h2-3,5-6,8-9,11,17H,4,7,10H2,1H3,(H,20,22). The average Bonchev–Trinajstić information content (AvgIpc) is 3.24. The molecule has 2 aromatic carbocycles. The van der Waals surface area contributed by atoms with Crippen molar-refractivity contribution in [2.75, 3.05) is 11.9 Å². The molecule has 4 rings (SSSR count). The van der Waals surface area contributed by atoms with Crippen LogP contribution in [0.4, 0.5) is 5.69 Å². The second-order valence-electron chi connectivity index (χ2n) is 6.01. The minimum Gasteiger partial charge on any atom is -0.436 e. The maximum Gasteiger partial charge on any atom is 0.253 e. The van der Waals surface area contributed by atoms with Crippen LogP contribution in [-0.2, 0) is 9.53 Å². The monoisotopic (exact) mass is 322 g/mol. The van der Waals surface area contributed by atoms with Crippen molar-refractivity contribution in [3.63, 3.8) is 0 Å². The highest BCUT2D eigenvalue weighted by atomic mass is 16.5. The Labute approximate surface area is 139 Å². The lowest BCUT2D eigenvalue weighted by Crippen LogP contribution is -2.26. The van der Waals surface area contributed by atoms with Crippen LogP contribution in [0.5, 0.6) is 0 Å². The molecule has 24 heavy (non-hydrogen) atoms. The van der Waals surface area contributed by atoms with E-state index in [1.165, 1.54) is 0 Å². The average molecular weight is 322 g/mol. The second kappa shape index (κ2) is 6.09. The van der Waals surface area contributed by atoms with Gasteiger partial charge in [-0.1, -0.05) is 18.2 Å². The number of benzene rings is 2. The van der Waals surface area contributed by atoms with E-state index >= 15 is 0 Å². The van der Waals surface area contributed by atoms with Crippen LogP contribution in [0.25, 0.3) is 22.6 Å². The van der Waals surface area contributed by atoms with Gasteiger partial charge in [-0.3, -0.25) is 4.79 Å². The van der Waals surface area contributed by atoms with Gasteiger partial charge in [-0.2, -0.15) is 0 Å². The van der Waals surface area contributed by atoms with Crippen molar-refractivity contribution in [1.82, 2.24) is 4.98 Å². The molecule has 5 nitrogen and oxygen atoms in total. The number of nitrogens with zero attached hydrogens (tertiary/aromatic N) is 1. The van der Waals surface area contributed by atoms with Crippen LogP contribution in [0.15, 0.2) is 46.9 Å². The van der Waals surface area contributed by atoms with Gasteiger partial charge in [0.15, 0.2) is 5.58 Å². The molecule has 0 aliphatic carbocycles. The van der Waals surface area contributed by atoms with Crippen molar-refractivity contribution < 1.29 is 13.9 Å². The van der Waals surface area contributed by atoms with E-state index in [0.29, 0.717) is 23.8 Å². The summed E-state index contributed by atoms with van der Waals surface area (Å²) in [5.74, 6) is 0.486. The lowest BCUT2D eigenvalue weighted by molar-refractivity contribution is -0.124. The zero-order valence-electron chi connectivity index (χ0n) is 13.4. The topological polar surface area (TPSA) is 64.4 Å². The molecule has 1 aromatic heterocycles. The fourth-order valence-corrected chi connectivity index (χ4v) is 2.94. The van der Waals surface area contributed by atoms with E-state index in [4.69, 9.17) is 9.15 Å². The minimum atomic E-state index is -0.347. The van der Waals surface area contributed by atoms with Crippen LogP contribution in [0.2, 0.25) is 0 Å². The number of anilines is 1. The van der Waals surface area contributed by atoms with Crippen LogP contribution >= 0.6 is 0 Å². The number of rotatable bonds is 3. The van der Waals surface area contributed by atoms with Crippen LogP contribution in [0.3, 0.4) is 0 Å². The first-order valence-corrected chi connectivity index (χ1v) is 8.10. The van der Waals surface area contributed by atoms with Crippen molar-refractivity contribution in [3.05, 3.63) is 48.0 Å². The molecule has 0 spiro atoms. The third kappa shape index (κ3) is 2.78. The molecule has 122 valence electrons. The normalized spacial score (nSPS) is 17.3. The molecule has 1 N–H and O–H groups in total. The molecule has 5 heteroatoms. The van der Waals surface area contributed by atoms with Gasteiger partial charge < -0.3 is 14.5 Å². The summed E-state index contributed by atoms with van der Waals surface area (Å²) >= 11 is 0. The van der Waals surface area contributed by atoms with Crippen LogP contribution in [-0.4, -0.2) is 23.6 Å². The van der Waals surface area contributed by atoms with E-state index in [-0.39, 0.29) is 12.0 Å². The van der Waals surface area contributed by atoms with Crippen LogP contribution < -0.4 is 5.32 Å². The van der Waals surface area contributed by atoms with Gasteiger partial charge >= 0.3 is 0 Å². The maximum absolute atomic E-state index is 12.1. The highest BCUT2D eigenvalue weighted by molar-refractivity contribution is 5.96. The van der Waals surface area contributed by atoms with E-state index in [1.807, 2.05) is 49.4 Å². The Bertz CT molecular complexity index is 895. The summed E-state index contributed by atoms with van der Waals surface area (Å²) in [6.07, 6.45) is 1.36. The molecule has 1 saturated heterocycles. The van der Waals surface area contributed by atoms with E-state index in [9.17, 15) is 4.79 Å². The summed E-state index contributed by atoms with van der Waals surface area (Å²) in [7, 11) is 0. The van der Waals surface area contributed by atoms with Crippen LogP contribution in [0, 0.1) is 6.92 Å². The van der Waals surface area contributed by atoms with Gasteiger partial charge in [-0.25, -0.2) is 4.98 Å². The summed E-state index contributed by atoms with van der Waals surface area (Å²) in [6, 6.07) is 13.4. The van der Waals surface area contributed by atoms with Gasteiger partial charge in [0.1, 0.15) is 11.6 Å². The van der Waals surface area contributed by atoms with Gasteiger partial charge in [-0.05, 0) is 49.6 Å². The first-order chi connectivity index (χ1) is 11.7. The quantitative estimate of drug-likeness (QED) is 0.794. The number of carbonyl (C=O) groups excluding carboxylic acids is 1. The van der Waals surface area contributed by atoms with Crippen molar-refractivity contribution in [2.45, 2.75) is 25.9 Å². The molecular formula is C19H18N2O3. The predicted octanol–water partition coefficient (Wildman–Crippen LogP) is 3.92. The summed E-state index contributed by atoms with van der Waals surface area (Å²) in [5, 5.41) is 2.89. The van der Waals surface area contributed by atoms with E-state index < -0.39 is 0 Å². The van der Waals surface area contributed by atoms with E-state index in [0.717, 1.165) is 29.5 Å². The number of ether oxygens (including phenoxy) is 1. The smallest absolute Gasteiger partial charge is 0.253 e. The fraction of sp³-hybridized carbons (Fsp3) is 0.263. The van der Waals surface area contributed by atoms with Crippen molar-refractivity contribution in [2.24, 2.45) is 0 Å². The number of fused-ring (bicyclic) bond motifs is 1. The van der Waals surface area contributed by atoms with Crippen molar-refractivity contribution >= 4 is 22.7 Å². The first-order valence-electron chi connectivity index (χ1n) is 8.10. The summed E-state index contributed by atoms with van der Waals surface area (Å²) in [4.78, 5) is 16.7. The van der Waals surface area contributed by atoms with Gasteiger partial charge in [0.25, 0.3) is 5.91 Å². The van der Waals surface area contributed by atoms with E-state index in [2.05, 4.69) is 10.3 Å². The van der Waals surface area contributed by atoms with Gasteiger partial charge in [0, 0.05) is 17.9 Å². The Morgan fingerprint density at radius 2 is 2.12 bits per heavy atom. The number of oxazole rings is 1. The summed E-state index contributed by atoms with van der Waals surface area (Å²) < 4.78 is 11.2. The molecule has 0 radical (unpaired) electrons. The summed E-state index contributed by atoms with van der Waals surface area (Å²) in [6.45, 7) is 2.68. The molecule has 0 saturated carbocycles. The van der Waals surface area contributed by atoms with Crippen LogP contribution in [0.1, 0.15) is 18.4 Å². The first kappa shape index (κ1) is 14.9. The summed E-state index contributed by atoms with van der Waals surface area (Å²) in [5.41, 5.74) is 4.20. The zero-order chi connectivity index (χ0) is 16.5. The Morgan fingerprint density at radius 3 is 2.92 bits per heavy atom. The van der Waals surface area contributed by atoms with E-state index in [1.54, 1.807) is 0 Å². The Morgan fingerprint density at radius 1 is 1.25 bits per heavy atom. The van der Waals surface area contributed by atoms with Gasteiger partial charge in [0.05, 0.1) is 0 Å². The Kier molecular flexibility index (Phi) is 3.78. The lowest BCUT2D eigenvalue weighted by Gasteiger charge is -2.09. The molecule has 0 bridgehead atoms. The predicted molar refractivity (Wildman–Crippen MR) is 91.8 cm³/mol. The molecule has 1 amide bonds. The van der Waals surface area contributed by atoms with Gasteiger partial charge in [-0.15, -0.1) is 0 Å².